The van der Waals surface area contributed by atoms with Gasteiger partial charge >= 0.3 is 6.09 Å². The molecule has 1 aliphatic heterocycles. The quantitative estimate of drug-likeness (QED) is 0.845. The molecule has 0 radical (unpaired) electrons. The summed E-state index contributed by atoms with van der Waals surface area (Å²) >= 11 is 0. The minimum Gasteiger partial charge on any atom is -0.444 e. The third-order valence-electron chi connectivity index (χ3n) is 4.07. The van der Waals surface area contributed by atoms with Crippen LogP contribution in [-0.2, 0) is 9.47 Å². The third-order valence-corrected chi connectivity index (χ3v) is 4.07. The zero-order chi connectivity index (χ0) is 17.9. The van der Waals surface area contributed by atoms with Crippen LogP contribution in [0.25, 0.3) is 0 Å². The molecule has 0 aliphatic carbocycles. The first kappa shape index (κ1) is 18.5. The van der Waals surface area contributed by atoms with Crippen LogP contribution in [0.2, 0.25) is 0 Å². The molecule has 1 aromatic carbocycles. The van der Waals surface area contributed by atoms with Gasteiger partial charge in [-0.2, -0.15) is 0 Å². The predicted molar refractivity (Wildman–Crippen MR) is 91.8 cm³/mol. The summed E-state index contributed by atoms with van der Waals surface area (Å²) in [5.41, 5.74) is 0.866. The van der Waals surface area contributed by atoms with Gasteiger partial charge in [-0.3, -0.25) is 0 Å². The first-order chi connectivity index (χ1) is 11.2. The number of nitrogens with zero attached hydrogens (tertiary/aromatic N) is 2. The molecule has 0 saturated carbocycles. The lowest BCUT2D eigenvalue weighted by Gasteiger charge is -2.37. The molecule has 0 aromatic heterocycles. The van der Waals surface area contributed by atoms with Gasteiger partial charge in [-0.15, -0.1) is 0 Å². The molecule has 0 bridgehead atoms. The van der Waals surface area contributed by atoms with Gasteiger partial charge in [0.25, 0.3) is 0 Å². The molecular weight excluding hydrogens is 311 g/mol. The SMILES string of the molecule is COC(C)c1ccc(N2CCN(C(=O)OC(C)(C)C)CC2)c(F)c1. The molecular formula is C18H27FN2O3. The molecule has 1 fully saturated rings. The van der Waals surface area contributed by atoms with E-state index in [-0.39, 0.29) is 18.0 Å². The molecule has 1 heterocycles. The molecule has 1 amide bonds. The Bertz CT molecular complexity index is 578. The third kappa shape index (κ3) is 4.60. The van der Waals surface area contributed by atoms with Gasteiger partial charge in [0.05, 0.1) is 11.8 Å². The van der Waals surface area contributed by atoms with Gasteiger partial charge in [-0.1, -0.05) is 6.07 Å². The highest BCUT2D eigenvalue weighted by Crippen LogP contribution is 2.26. The Morgan fingerprint density at radius 1 is 1.21 bits per heavy atom. The van der Waals surface area contributed by atoms with Crippen LogP contribution < -0.4 is 4.90 Å². The van der Waals surface area contributed by atoms with E-state index in [9.17, 15) is 9.18 Å². The Morgan fingerprint density at radius 3 is 2.33 bits per heavy atom. The molecule has 24 heavy (non-hydrogen) atoms. The van der Waals surface area contributed by atoms with Crippen LogP contribution in [-0.4, -0.2) is 49.9 Å². The Hall–Kier alpha value is -1.82. The summed E-state index contributed by atoms with van der Waals surface area (Å²) in [6.45, 7) is 9.62. The maximum atomic E-state index is 14.4. The summed E-state index contributed by atoms with van der Waals surface area (Å²) in [6.07, 6.45) is -0.454. The molecule has 2 rings (SSSR count). The number of carbonyl (C=O) groups is 1. The number of ether oxygens (including phenoxy) is 2. The van der Waals surface area contributed by atoms with Crippen LogP contribution >= 0.6 is 0 Å². The first-order valence-corrected chi connectivity index (χ1v) is 8.26. The summed E-state index contributed by atoms with van der Waals surface area (Å²) in [5, 5.41) is 0. The lowest BCUT2D eigenvalue weighted by Crippen LogP contribution is -2.50. The number of hydrogen-bond acceptors (Lipinski definition) is 4. The summed E-state index contributed by atoms with van der Waals surface area (Å²) in [6, 6.07) is 5.18. The monoisotopic (exact) mass is 338 g/mol. The van der Waals surface area contributed by atoms with Crippen molar-refractivity contribution in [3.05, 3.63) is 29.6 Å². The molecule has 0 N–H and O–H groups in total. The molecule has 1 aliphatic rings. The van der Waals surface area contributed by atoms with Crippen molar-refractivity contribution in [2.75, 3.05) is 38.2 Å². The number of anilines is 1. The van der Waals surface area contributed by atoms with Crippen LogP contribution in [0, 0.1) is 5.82 Å². The van der Waals surface area contributed by atoms with Crippen molar-refractivity contribution >= 4 is 11.8 Å². The van der Waals surface area contributed by atoms with Crippen molar-refractivity contribution < 1.29 is 18.7 Å². The van der Waals surface area contributed by atoms with Gasteiger partial charge in [0.15, 0.2) is 0 Å². The summed E-state index contributed by atoms with van der Waals surface area (Å²) in [4.78, 5) is 15.7. The van der Waals surface area contributed by atoms with E-state index in [1.54, 1.807) is 18.1 Å². The van der Waals surface area contributed by atoms with E-state index in [0.717, 1.165) is 5.56 Å². The van der Waals surface area contributed by atoms with E-state index in [1.165, 1.54) is 6.07 Å². The Balaban J connectivity index is 1.98. The van der Waals surface area contributed by atoms with Gasteiger partial charge in [0, 0.05) is 33.3 Å². The summed E-state index contributed by atoms with van der Waals surface area (Å²) in [7, 11) is 1.60. The van der Waals surface area contributed by atoms with Gasteiger partial charge in [0.1, 0.15) is 11.4 Å². The largest absolute Gasteiger partial charge is 0.444 e. The number of rotatable bonds is 3. The maximum Gasteiger partial charge on any atom is 0.410 e. The van der Waals surface area contributed by atoms with E-state index in [0.29, 0.717) is 31.9 Å². The van der Waals surface area contributed by atoms with Crippen molar-refractivity contribution in [3.63, 3.8) is 0 Å². The molecule has 1 atom stereocenters. The Kier molecular flexibility index (Phi) is 5.70. The number of benzene rings is 1. The van der Waals surface area contributed by atoms with E-state index in [1.807, 2.05) is 38.7 Å². The predicted octanol–water partition coefficient (Wildman–Crippen LogP) is 3.59. The number of hydrogen-bond donors (Lipinski definition) is 0. The zero-order valence-electron chi connectivity index (χ0n) is 15.1. The lowest BCUT2D eigenvalue weighted by molar-refractivity contribution is 0.0240. The van der Waals surface area contributed by atoms with E-state index in [2.05, 4.69) is 0 Å². The minimum absolute atomic E-state index is 0.141. The van der Waals surface area contributed by atoms with Crippen molar-refractivity contribution in [1.82, 2.24) is 4.90 Å². The topological polar surface area (TPSA) is 42.0 Å². The fraction of sp³-hybridized carbons (Fsp3) is 0.611. The molecule has 1 saturated heterocycles. The number of amides is 1. The van der Waals surface area contributed by atoms with E-state index < -0.39 is 5.60 Å². The lowest BCUT2D eigenvalue weighted by atomic mass is 10.1. The number of methoxy groups -OCH3 is 1. The Morgan fingerprint density at radius 2 is 1.83 bits per heavy atom. The van der Waals surface area contributed by atoms with Crippen LogP contribution in [0.3, 0.4) is 0 Å². The fourth-order valence-corrected chi connectivity index (χ4v) is 2.62. The minimum atomic E-state index is -0.506. The molecule has 1 aromatic rings. The van der Waals surface area contributed by atoms with Gasteiger partial charge < -0.3 is 19.3 Å². The maximum absolute atomic E-state index is 14.4. The Labute approximate surface area is 143 Å². The van der Waals surface area contributed by atoms with Crippen LogP contribution in [0.1, 0.15) is 39.4 Å². The highest BCUT2D eigenvalue weighted by atomic mass is 19.1. The summed E-state index contributed by atoms with van der Waals surface area (Å²) in [5.74, 6) is -0.262. The average molecular weight is 338 g/mol. The van der Waals surface area contributed by atoms with E-state index >= 15 is 0 Å². The van der Waals surface area contributed by atoms with E-state index in [4.69, 9.17) is 9.47 Å². The van der Waals surface area contributed by atoms with Crippen molar-refractivity contribution in [2.24, 2.45) is 0 Å². The second kappa shape index (κ2) is 7.38. The normalized spacial score (nSPS) is 16.9. The van der Waals surface area contributed by atoms with Crippen molar-refractivity contribution in [1.29, 1.82) is 0 Å². The summed E-state index contributed by atoms with van der Waals surface area (Å²) < 4.78 is 25.0. The number of halogens is 1. The number of carbonyl (C=O) groups excluding carboxylic acids is 1. The van der Waals surface area contributed by atoms with Gasteiger partial charge in [-0.25, -0.2) is 9.18 Å². The van der Waals surface area contributed by atoms with Crippen LogP contribution in [0.4, 0.5) is 14.9 Å². The van der Waals surface area contributed by atoms with Crippen LogP contribution in [0.5, 0.6) is 0 Å². The average Bonchev–Trinajstić information content (AvgIpc) is 2.52. The standard InChI is InChI=1S/C18H27FN2O3/c1-13(23-5)14-6-7-16(15(19)12-14)20-8-10-21(11-9-20)17(22)24-18(2,3)4/h6-7,12-13H,8-11H2,1-5H3. The zero-order valence-corrected chi connectivity index (χ0v) is 15.1. The molecule has 134 valence electrons. The second-order valence-corrected chi connectivity index (χ2v) is 7.04. The highest BCUT2D eigenvalue weighted by Gasteiger charge is 2.26. The number of piperazine rings is 1. The van der Waals surface area contributed by atoms with Crippen molar-refractivity contribution in [2.45, 2.75) is 39.4 Å². The van der Waals surface area contributed by atoms with Gasteiger partial charge in [0.2, 0.25) is 0 Å². The van der Waals surface area contributed by atoms with Gasteiger partial charge in [-0.05, 0) is 45.4 Å². The van der Waals surface area contributed by atoms with Crippen molar-refractivity contribution in [3.8, 4) is 0 Å². The molecule has 6 heteroatoms. The van der Waals surface area contributed by atoms with Crippen LogP contribution in [0.15, 0.2) is 18.2 Å². The smallest absolute Gasteiger partial charge is 0.410 e. The molecule has 0 spiro atoms. The molecule has 5 nitrogen and oxygen atoms in total. The molecule has 1 unspecified atom stereocenters. The fourth-order valence-electron chi connectivity index (χ4n) is 2.62. The first-order valence-electron chi connectivity index (χ1n) is 8.26. The highest BCUT2D eigenvalue weighted by molar-refractivity contribution is 5.68. The second-order valence-electron chi connectivity index (χ2n) is 7.04.